The van der Waals surface area contributed by atoms with Gasteiger partial charge in [-0.15, -0.1) is 12.6 Å². The Kier molecular flexibility index (Phi) is 7.64. The number of ether oxygens (including phenoxy) is 1. The van der Waals surface area contributed by atoms with E-state index < -0.39 is 0 Å². The van der Waals surface area contributed by atoms with Gasteiger partial charge in [-0.05, 0) is 30.7 Å². The molecule has 5 heteroatoms. The number of hydrogen-bond acceptors (Lipinski definition) is 5. The number of esters is 1. The van der Waals surface area contributed by atoms with Gasteiger partial charge in [0.1, 0.15) is 5.94 Å². The SMILES string of the molecule is CCCCSSc1ccc(C(=O)OCS)cc1. The number of carbonyl (C=O) groups is 1. The maximum Gasteiger partial charge on any atom is 0.338 e. The van der Waals surface area contributed by atoms with E-state index >= 15 is 0 Å². The highest BCUT2D eigenvalue weighted by Gasteiger charge is 2.05. The highest BCUT2D eigenvalue weighted by Crippen LogP contribution is 2.31. The summed E-state index contributed by atoms with van der Waals surface area (Å²) in [6.07, 6.45) is 2.46. The van der Waals surface area contributed by atoms with Crippen LogP contribution in [0.5, 0.6) is 0 Å². The fourth-order valence-electron chi connectivity index (χ4n) is 1.10. The van der Waals surface area contributed by atoms with E-state index in [1.807, 2.05) is 22.9 Å². The van der Waals surface area contributed by atoms with Crippen molar-refractivity contribution in [3.05, 3.63) is 29.8 Å². The lowest BCUT2D eigenvalue weighted by Gasteiger charge is -2.03. The highest BCUT2D eigenvalue weighted by molar-refractivity contribution is 8.76. The molecule has 1 rings (SSSR count). The summed E-state index contributed by atoms with van der Waals surface area (Å²) in [4.78, 5) is 12.5. The summed E-state index contributed by atoms with van der Waals surface area (Å²) in [5.41, 5.74) is 0.571. The molecule has 0 saturated carbocycles. The van der Waals surface area contributed by atoms with Crippen molar-refractivity contribution in [3.63, 3.8) is 0 Å². The van der Waals surface area contributed by atoms with Crippen LogP contribution in [0.1, 0.15) is 30.1 Å². The lowest BCUT2D eigenvalue weighted by Crippen LogP contribution is -2.02. The third-order valence-electron chi connectivity index (χ3n) is 2.02. The van der Waals surface area contributed by atoms with Crippen LogP contribution in [0.4, 0.5) is 0 Å². The van der Waals surface area contributed by atoms with Gasteiger partial charge in [0, 0.05) is 10.6 Å². The van der Waals surface area contributed by atoms with E-state index in [2.05, 4.69) is 19.6 Å². The van der Waals surface area contributed by atoms with E-state index in [-0.39, 0.29) is 11.9 Å². The molecule has 0 aliphatic carbocycles. The monoisotopic (exact) mass is 288 g/mol. The lowest BCUT2D eigenvalue weighted by molar-refractivity contribution is 0.0581. The molecule has 0 amide bonds. The lowest BCUT2D eigenvalue weighted by atomic mass is 10.2. The van der Waals surface area contributed by atoms with Crippen molar-refractivity contribution in [1.29, 1.82) is 0 Å². The summed E-state index contributed by atoms with van der Waals surface area (Å²) < 4.78 is 4.79. The summed E-state index contributed by atoms with van der Waals surface area (Å²) in [5.74, 6) is 0.947. The van der Waals surface area contributed by atoms with E-state index in [0.29, 0.717) is 5.56 Å². The van der Waals surface area contributed by atoms with Gasteiger partial charge in [0.05, 0.1) is 5.56 Å². The van der Waals surface area contributed by atoms with Crippen LogP contribution in [-0.2, 0) is 4.74 Å². The summed E-state index contributed by atoms with van der Waals surface area (Å²) in [6.45, 7) is 2.19. The van der Waals surface area contributed by atoms with Crippen molar-refractivity contribution in [1.82, 2.24) is 0 Å². The van der Waals surface area contributed by atoms with Gasteiger partial charge >= 0.3 is 5.97 Å². The number of benzene rings is 1. The zero-order chi connectivity index (χ0) is 12.5. The second-order valence-electron chi connectivity index (χ2n) is 3.34. The minimum Gasteiger partial charge on any atom is -0.451 e. The molecule has 1 aromatic carbocycles. The van der Waals surface area contributed by atoms with Crippen LogP contribution in [0.25, 0.3) is 0 Å². The number of rotatable bonds is 7. The molecule has 94 valence electrons. The van der Waals surface area contributed by atoms with E-state index in [1.54, 1.807) is 22.9 Å². The van der Waals surface area contributed by atoms with Gasteiger partial charge in [0.2, 0.25) is 0 Å². The van der Waals surface area contributed by atoms with Crippen LogP contribution >= 0.6 is 34.2 Å². The second kappa shape index (κ2) is 8.78. The van der Waals surface area contributed by atoms with Crippen LogP contribution in [0.15, 0.2) is 29.2 Å². The minimum atomic E-state index is -0.324. The molecule has 0 saturated heterocycles. The summed E-state index contributed by atoms with van der Waals surface area (Å²) in [5, 5.41) is 0. The van der Waals surface area contributed by atoms with E-state index in [4.69, 9.17) is 4.74 Å². The van der Waals surface area contributed by atoms with Gasteiger partial charge in [-0.3, -0.25) is 0 Å². The van der Waals surface area contributed by atoms with Crippen molar-refractivity contribution in [2.75, 3.05) is 11.7 Å². The zero-order valence-electron chi connectivity index (χ0n) is 9.72. The van der Waals surface area contributed by atoms with Crippen LogP contribution in [-0.4, -0.2) is 17.7 Å². The molecule has 0 fully saturated rings. The first-order valence-corrected chi connectivity index (χ1v) is 8.40. The van der Waals surface area contributed by atoms with Crippen molar-refractivity contribution >= 4 is 40.2 Å². The third-order valence-corrected chi connectivity index (χ3v) is 4.62. The Labute approximate surface area is 116 Å². The van der Waals surface area contributed by atoms with Crippen molar-refractivity contribution < 1.29 is 9.53 Å². The zero-order valence-corrected chi connectivity index (χ0v) is 12.2. The maximum absolute atomic E-state index is 11.4. The molecule has 2 nitrogen and oxygen atoms in total. The average molecular weight is 288 g/mol. The average Bonchev–Trinajstić information content (AvgIpc) is 2.36. The normalized spacial score (nSPS) is 10.2. The van der Waals surface area contributed by atoms with Gasteiger partial charge in [-0.2, -0.15) is 0 Å². The molecule has 0 N–H and O–H groups in total. The Balaban J connectivity index is 2.42. The van der Waals surface area contributed by atoms with E-state index in [9.17, 15) is 4.79 Å². The summed E-state index contributed by atoms with van der Waals surface area (Å²) >= 11 is 3.85. The van der Waals surface area contributed by atoms with Crippen molar-refractivity contribution in [2.45, 2.75) is 24.7 Å². The van der Waals surface area contributed by atoms with Gasteiger partial charge in [0.25, 0.3) is 0 Å². The van der Waals surface area contributed by atoms with Gasteiger partial charge < -0.3 is 4.74 Å². The molecular formula is C12H16O2S3. The molecular weight excluding hydrogens is 272 g/mol. The quantitative estimate of drug-likeness (QED) is 0.266. The molecule has 1 aromatic rings. The van der Waals surface area contributed by atoms with Crippen LogP contribution in [0.2, 0.25) is 0 Å². The first-order valence-electron chi connectivity index (χ1n) is 5.45. The molecule has 0 bridgehead atoms. The number of thiol groups is 1. The topological polar surface area (TPSA) is 26.3 Å². The predicted molar refractivity (Wildman–Crippen MR) is 78.9 cm³/mol. The molecule has 17 heavy (non-hydrogen) atoms. The van der Waals surface area contributed by atoms with Gasteiger partial charge in [-0.25, -0.2) is 4.79 Å². The van der Waals surface area contributed by atoms with E-state index in [0.717, 1.165) is 10.6 Å². The molecule has 0 heterocycles. The summed E-state index contributed by atoms with van der Waals surface area (Å²) in [7, 11) is 3.59. The van der Waals surface area contributed by atoms with Crippen molar-refractivity contribution in [3.8, 4) is 0 Å². The number of unbranched alkanes of at least 4 members (excludes halogenated alkanes) is 1. The van der Waals surface area contributed by atoms with E-state index in [1.165, 1.54) is 12.8 Å². The van der Waals surface area contributed by atoms with Gasteiger partial charge in [0.15, 0.2) is 0 Å². The predicted octanol–water partition coefficient (Wildman–Crippen LogP) is 4.27. The standard InChI is InChI=1S/C12H16O2S3/c1-2-3-8-16-17-11-6-4-10(5-7-11)12(13)14-9-15/h4-7,15H,2-3,8-9H2,1H3. The highest BCUT2D eigenvalue weighted by atomic mass is 33.1. The molecule has 0 spiro atoms. The molecule has 0 atom stereocenters. The molecule has 0 unspecified atom stereocenters. The number of carbonyl (C=O) groups excluding carboxylic acids is 1. The Hall–Kier alpha value is -0.260. The Morgan fingerprint density at radius 2 is 2.06 bits per heavy atom. The van der Waals surface area contributed by atoms with Crippen molar-refractivity contribution in [2.24, 2.45) is 0 Å². The maximum atomic E-state index is 11.4. The third kappa shape index (κ3) is 5.75. The summed E-state index contributed by atoms with van der Waals surface area (Å²) in [6, 6.07) is 7.46. The number of hydrogen-bond donors (Lipinski definition) is 1. The minimum absolute atomic E-state index is 0.113. The molecule has 0 aliphatic rings. The molecule has 0 radical (unpaired) electrons. The largest absolute Gasteiger partial charge is 0.451 e. The fourth-order valence-corrected chi connectivity index (χ4v) is 3.44. The smallest absolute Gasteiger partial charge is 0.338 e. The van der Waals surface area contributed by atoms with Crippen LogP contribution < -0.4 is 0 Å². The van der Waals surface area contributed by atoms with Crippen LogP contribution in [0.3, 0.4) is 0 Å². The first kappa shape index (κ1) is 14.8. The molecule has 0 aromatic heterocycles. The molecule has 0 aliphatic heterocycles. The Morgan fingerprint density at radius 1 is 1.35 bits per heavy atom. The Morgan fingerprint density at radius 3 is 2.65 bits per heavy atom. The Bertz CT molecular complexity index is 338. The van der Waals surface area contributed by atoms with Crippen LogP contribution in [0, 0.1) is 0 Å². The first-order chi connectivity index (χ1) is 8.27. The second-order valence-corrected chi connectivity index (χ2v) is 6.09. The fraction of sp³-hybridized carbons (Fsp3) is 0.417. The van der Waals surface area contributed by atoms with Gasteiger partial charge in [-0.1, -0.05) is 34.9 Å².